The Bertz CT molecular complexity index is 396. The first-order chi connectivity index (χ1) is 8.13. The van der Waals surface area contributed by atoms with E-state index in [1.165, 1.54) is 26.4 Å². The first-order valence-electron chi connectivity index (χ1n) is 5.91. The van der Waals surface area contributed by atoms with Gasteiger partial charge < -0.3 is 10.1 Å². The molecule has 1 aromatic heterocycles. The fraction of sp³-hybridized carbons (Fsp3) is 0.538. The Morgan fingerprint density at radius 2 is 2.29 bits per heavy atom. The highest BCUT2D eigenvalue weighted by Crippen LogP contribution is 2.31. The van der Waals surface area contributed by atoms with Gasteiger partial charge in [0.1, 0.15) is 0 Å². The molecule has 0 aromatic carbocycles. The maximum Gasteiger partial charge on any atom is 0.339 e. The number of nitrogens with zero attached hydrogens (tertiary/aromatic N) is 1. The van der Waals surface area contributed by atoms with Crippen LogP contribution in [0.2, 0.25) is 0 Å². The summed E-state index contributed by atoms with van der Waals surface area (Å²) < 4.78 is 4.62. The lowest BCUT2D eigenvalue weighted by atomic mass is 9.78. The number of hydrogen-bond acceptors (Lipinski definition) is 4. The van der Waals surface area contributed by atoms with Crippen LogP contribution in [0.5, 0.6) is 0 Å². The molecule has 0 bridgehead atoms. The second kappa shape index (κ2) is 4.84. The second-order valence-corrected chi connectivity index (χ2v) is 4.80. The van der Waals surface area contributed by atoms with E-state index in [0.717, 1.165) is 12.2 Å². The molecule has 1 heterocycles. The third-order valence-electron chi connectivity index (χ3n) is 3.40. The number of esters is 1. The van der Waals surface area contributed by atoms with Gasteiger partial charge in [-0.3, -0.25) is 4.98 Å². The molecule has 2 rings (SSSR count). The number of aromatic nitrogens is 1. The van der Waals surface area contributed by atoms with E-state index in [9.17, 15) is 4.79 Å². The van der Waals surface area contributed by atoms with Crippen molar-refractivity contribution in [3.8, 4) is 0 Å². The molecule has 0 amide bonds. The van der Waals surface area contributed by atoms with Crippen LogP contribution in [0.15, 0.2) is 18.3 Å². The van der Waals surface area contributed by atoms with Gasteiger partial charge in [0.05, 0.1) is 18.4 Å². The van der Waals surface area contributed by atoms with Gasteiger partial charge in [0.15, 0.2) is 0 Å². The number of nitrogens with one attached hydrogen (secondary N) is 1. The average molecular weight is 234 g/mol. The van der Waals surface area contributed by atoms with Crippen LogP contribution in [0.4, 0.5) is 0 Å². The molecule has 1 N–H and O–H groups in total. The van der Waals surface area contributed by atoms with Gasteiger partial charge in [-0.25, -0.2) is 4.79 Å². The van der Waals surface area contributed by atoms with Crippen molar-refractivity contribution in [1.82, 2.24) is 10.3 Å². The summed E-state index contributed by atoms with van der Waals surface area (Å²) in [6.07, 6.45) is 5.32. The lowest BCUT2D eigenvalue weighted by molar-refractivity contribution is 0.0600. The van der Waals surface area contributed by atoms with Crippen LogP contribution >= 0.6 is 0 Å². The SMILES string of the molecule is COC(=O)c1ccc(CNC2(C)CCC2)nc1. The quantitative estimate of drug-likeness (QED) is 0.808. The summed E-state index contributed by atoms with van der Waals surface area (Å²) >= 11 is 0. The Labute approximate surface area is 101 Å². The predicted octanol–water partition coefficient (Wildman–Crippen LogP) is 1.90. The van der Waals surface area contributed by atoms with E-state index in [2.05, 4.69) is 22.0 Å². The van der Waals surface area contributed by atoms with Crippen LogP contribution in [0.1, 0.15) is 42.2 Å². The summed E-state index contributed by atoms with van der Waals surface area (Å²) in [6.45, 7) is 2.98. The van der Waals surface area contributed by atoms with Gasteiger partial charge in [0, 0.05) is 18.3 Å². The Hall–Kier alpha value is -1.42. The maximum atomic E-state index is 11.2. The molecule has 1 aliphatic rings. The van der Waals surface area contributed by atoms with Crippen LogP contribution in [0, 0.1) is 0 Å². The number of carbonyl (C=O) groups excluding carboxylic acids is 1. The van der Waals surface area contributed by atoms with Gasteiger partial charge in [0.25, 0.3) is 0 Å². The number of hydrogen-bond donors (Lipinski definition) is 1. The summed E-state index contributed by atoms with van der Waals surface area (Å²) in [5, 5.41) is 3.50. The molecular formula is C13H18N2O2. The van der Waals surface area contributed by atoms with Crippen LogP contribution < -0.4 is 5.32 Å². The third kappa shape index (κ3) is 2.82. The van der Waals surface area contributed by atoms with Gasteiger partial charge in [-0.1, -0.05) is 0 Å². The van der Waals surface area contributed by atoms with E-state index in [1.807, 2.05) is 6.07 Å². The van der Waals surface area contributed by atoms with Gasteiger partial charge in [0.2, 0.25) is 0 Å². The Morgan fingerprint density at radius 3 is 2.76 bits per heavy atom. The minimum Gasteiger partial charge on any atom is -0.465 e. The molecule has 17 heavy (non-hydrogen) atoms. The number of pyridine rings is 1. The molecule has 1 aliphatic carbocycles. The van der Waals surface area contributed by atoms with E-state index in [1.54, 1.807) is 12.3 Å². The molecule has 4 nitrogen and oxygen atoms in total. The van der Waals surface area contributed by atoms with Crippen molar-refractivity contribution in [1.29, 1.82) is 0 Å². The van der Waals surface area contributed by atoms with Crippen molar-refractivity contribution >= 4 is 5.97 Å². The summed E-state index contributed by atoms with van der Waals surface area (Å²) in [4.78, 5) is 15.5. The van der Waals surface area contributed by atoms with Gasteiger partial charge in [-0.15, -0.1) is 0 Å². The van der Waals surface area contributed by atoms with Gasteiger partial charge in [-0.2, -0.15) is 0 Å². The first-order valence-corrected chi connectivity index (χ1v) is 5.91. The molecule has 0 saturated heterocycles. The zero-order valence-electron chi connectivity index (χ0n) is 10.3. The minimum atomic E-state index is -0.344. The molecule has 1 fully saturated rings. The van der Waals surface area contributed by atoms with E-state index >= 15 is 0 Å². The lowest BCUT2D eigenvalue weighted by Gasteiger charge is -2.39. The standard InChI is InChI=1S/C13H18N2O2/c1-13(6-3-7-13)15-9-11-5-4-10(8-14-11)12(16)17-2/h4-5,8,15H,3,6-7,9H2,1-2H3. The number of carbonyl (C=O) groups is 1. The Balaban J connectivity index is 1.91. The molecule has 0 aliphatic heterocycles. The zero-order valence-corrected chi connectivity index (χ0v) is 10.3. The number of rotatable bonds is 4. The average Bonchev–Trinajstić information content (AvgIpc) is 2.33. The summed E-state index contributed by atoms with van der Waals surface area (Å²) in [6, 6.07) is 3.61. The maximum absolute atomic E-state index is 11.2. The second-order valence-electron chi connectivity index (χ2n) is 4.80. The van der Waals surface area contributed by atoms with Gasteiger partial charge in [-0.05, 0) is 38.3 Å². The Kier molecular flexibility index (Phi) is 3.43. The van der Waals surface area contributed by atoms with Crippen molar-refractivity contribution in [2.24, 2.45) is 0 Å². The molecule has 4 heteroatoms. The van der Waals surface area contributed by atoms with Gasteiger partial charge >= 0.3 is 5.97 Å². The van der Waals surface area contributed by atoms with Crippen molar-refractivity contribution in [2.45, 2.75) is 38.3 Å². The van der Waals surface area contributed by atoms with Crippen molar-refractivity contribution in [3.63, 3.8) is 0 Å². The van der Waals surface area contributed by atoms with Crippen molar-refractivity contribution < 1.29 is 9.53 Å². The fourth-order valence-electron chi connectivity index (χ4n) is 1.96. The number of ether oxygens (including phenoxy) is 1. The highest BCUT2D eigenvalue weighted by atomic mass is 16.5. The normalized spacial score (nSPS) is 17.3. The first kappa shape index (κ1) is 12.0. The smallest absolute Gasteiger partial charge is 0.339 e. The lowest BCUT2D eigenvalue weighted by Crippen LogP contribution is -2.47. The van der Waals surface area contributed by atoms with E-state index in [-0.39, 0.29) is 11.5 Å². The molecule has 92 valence electrons. The van der Waals surface area contributed by atoms with E-state index in [0.29, 0.717) is 5.56 Å². The van der Waals surface area contributed by atoms with Crippen LogP contribution in [0.25, 0.3) is 0 Å². The molecule has 0 unspecified atom stereocenters. The summed E-state index contributed by atoms with van der Waals surface area (Å²) in [7, 11) is 1.37. The van der Waals surface area contributed by atoms with Crippen LogP contribution in [-0.2, 0) is 11.3 Å². The highest BCUT2D eigenvalue weighted by Gasteiger charge is 2.30. The molecule has 0 radical (unpaired) electrons. The zero-order chi connectivity index (χ0) is 12.3. The van der Waals surface area contributed by atoms with Crippen LogP contribution in [0.3, 0.4) is 0 Å². The topological polar surface area (TPSA) is 51.2 Å². The monoisotopic (exact) mass is 234 g/mol. The molecule has 1 saturated carbocycles. The van der Waals surface area contributed by atoms with E-state index in [4.69, 9.17) is 0 Å². The summed E-state index contributed by atoms with van der Waals surface area (Å²) in [5.41, 5.74) is 1.72. The number of methoxy groups -OCH3 is 1. The van der Waals surface area contributed by atoms with E-state index < -0.39 is 0 Å². The fourth-order valence-corrected chi connectivity index (χ4v) is 1.96. The van der Waals surface area contributed by atoms with Crippen molar-refractivity contribution in [3.05, 3.63) is 29.6 Å². The largest absolute Gasteiger partial charge is 0.465 e. The third-order valence-corrected chi connectivity index (χ3v) is 3.40. The van der Waals surface area contributed by atoms with Crippen LogP contribution in [-0.4, -0.2) is 23.6 Å². The summed E-state index contributed by atoms with van der Waals surface area (Å²) in [5.74, 6) is -0.344. The molecular weight excluding hydrogens is 216 g/mol. The molecule has 1 aromatic rings. The Morgan fingerprint density at radius 1 is 1.53 bits per heavy atom. The molecule has 0 atom stereocenters. The van der Waals surface area contributed by atoms with Crippen molar-refractivity contribution in [2.75, 3.05) is 7.11 Å². The molecule has 0 spiro atoms. The predicted molar refractivity (Wildman–Crippen MR) is 64.7 cm³/mol. The highest BCUT2D eigenvalue weighted by molar-refractivity contribution is 5.88. The minimum absolute atomic E-state index is 0.280.